The smallest absolute Gasteiger partial charge is 0.173 e. The number of phenols is 1. The van der Waals surface area contributed by atoms with Crippen LogP contribution in [0.3, 0.4) is 0 Å². The van der Waals surface area contributed by atoms with Gasteiger partial charge in [0, 0.05) is 0 Å². The fourth-order valence-electron chi connectivity index (χ4n) is 0.700. The van der Waals surface area contributed by atoms with E-state index in [-0.39, 0.29) is 5.75 Å². The van der Waals surface area contributed by atoms with Gasteiger partial charge >= 0.3 is 0 Å². The first kappa shape index (κ1) is 7.65. The van der Waals surface area contributed by atoms with Crippen molar-refractivity contribution >= 4 is 22.6 Å². The van der Waals surface area contributed by atoms with Gasteiger partial charge in [0.1, 0.15) is 0 Å². The Kier molecular flexibility index (Phi) is 2.37. The van der Waals surface area contributed by atoms with Gasteiger partial charge in [-0.2, -0.15) is 0 Å². The fraction of sp³-hybridized carbons (Fsp3) is 0.143. The number of para-hydroxylation sites is 1. The van der Waals surface area contributed by atoms with E-state index in [0.29, 0.717) is 5.75 Å². The minimum Gasteiger partial charge on any atom is -0.504 e. The number of methoxy groups -OCH3 is 1. The van der Waals surface area contributed by atoms with Gasteiger partial charge in [-0.25, -0.2) is 0 Å². The van der Waals surface area contributed by atoms with Crippen LogP contribution in [0.15, 0.2) is 18.2 Å². The normalized spacial score (nSPS) is 9.40. The first-order valence-corrected chi connectivity index (χ1v) is 3.85. The number of rotatable bonds is 1. The highest BCUT2D eigenvalue weighted by molar-refractivity contribution is 14.1. The summed E-state index contributed by atoms with van der Waals surface area (Å²) < 4.78 is 5.84. The van der Waals surface area contributed by atoms with Crippen LogP contribution < -0.4 is 4.74 Å². The Bertz CT molecular complexity index is 215. The zero-order valence-corrected chi connectivity index (χ0v) is 7.62. The Balaban J connectivity index is 3.17. The molecule has 0 aliphatic rings. The van der Waals surface area contributed by atoms with Gasteiger partial charge in [0.05, 0.1) is 10.7 Å². The van der Waals surface area contributed by atoms with E-state index in [4.69, 9.17) is 9.84 Å². The van der Waals surface area contributed by atoms with Crippen LogP contribution in [0.5, 0.6) is 11.5 Å². The maximum Gasteiger partial charge on any atom is 0.173 e. The summed E-state index contributed by atoms with van der Waals surface area (Å²) in [6, 6.07) is 5.25. The van der Waals surface area contributed by atoms with Crippen molar-refractivity contribution in [3.05, 3.63) is 21.8 Å². The van der Waals surface area contributed by atoms with Crippen molar-refractivity contribution in [3.8, 4) is 11.5 Å². The molecule has 54 valence electrons. The van der Waals surface area contributed by atoms with Crippen LogP contribution in [0.4, 0.5) is 0 Å². The SMILES string of the molecule is COc1c(O)cccc1I. The molecule has 0 saturated carbocycles. The summed E-state index contributed by atoms with van der Waals surface area (Å²) >= 11 is 2.10. The number of benzene rings is 1. The molecule has 0 unspecified atom stereocenters. The molecule has 0 fully saturated rings. The third-order valence-electron chi connectivity index (χ3n) is 1.15. The molecule has 0 spiro atoms. The summed E-state index contributed by atoms with van der Waals surface area (Å²) in [7, 11) is 1.54. The molecule has 3 heteroatoms. The third-order valence-corrected chi connectivity index (χ3v) is 2.00. The summed E-state index contributed by atoms with van der Waals surface area (Å²) in [5.74, 6) is 0.734. The second-order valence-corrected chi connectivity index (χ2v) is 2.95. The van der Waals surface area contributed by atoms with Crippen molar-refractivity contribution in [2.45, 2.75) is 0 Å². The largest absolute Gasteiger partial charge is 0.504 e. The van der Waals surface area contributed by atoms with E-state index in [2.05, 4.69) is 22.6 Å². The molecule has 0 aliphatic carbocycles. The molecule has 1 rings (SSSR count). The second kappa shape index (κ2) is 3.09. The monoisotopic (exact) mass is 250 g/mol. The first-order chi connectivity index (χ1) is 4.75. The highest BCUT2D eigenvalue weighted by atomic mass is 127. The molecule has 0 saturated heterocycles. The van der Waals surface area contributed by atoms with Crippen LogP contribution in [0.1, 0.15) is 0 Å². The molecule has 1 aromatic carbocycles. The number of hydrogen-bond donors (Lipinski definition) is 1. The van der Waals surface area contributed by atoms with Gasteiger partial charge in [0.15, 0.2) is 11.5 Å². The lowest BCUT2D eigenvalue weighted by Gasteiger charge is -2.03. The minimum absolute atomic E-state index is 0.189. The molecule has 0 atom stereocenters. The highest BCUT2D eigenvalue weighted by Crippen LogP contribution is 2.30. The Hall–Kier alpha value is -0.450. The van der Waals surface area contributed by atoms with E-state index in [9.17, 15) is 0 Å². The predicted octanol–water partition coefficient (Wildman–Crippen LogP) is 2.01. The maximum atomic E-state index is 9.16. The van der Waals surface area contributed by atoms with Crippen molar-refractivity contribution in [2.75, 3.05) is 7.11 Å². The molecule has 2 nitrogen and oxygen atoms in total. The molecule has 0 heterocycles. The molecule has 10 heavy (non-hydrogen) atoms. The second-order valence-electron chi connectivity index (χ2n) is 1.79. The molecule has 0 aromatic heterocycles. The van der Waals surface area contributed by atoms with E-state index in [1.54, 1.807) is 12.1 Å². The minimum atomic E-state index is 0.189. The van der Waals surface area contributed by atoms with Crippen molar-refractivity contribution < 1.29 is 9.84 Å². The first-order valence-electron chi connectivity index (χ1n) is 2.77. The van der Waals surface area contributed by atoms with E-state index >= 15 is 0 Å². The standard InChI is InChI=1S/C7H7IO2/c1-10-7-5(8)3-2-4-6(7)9/h2-4,9H,1H3. The lowest BCUT2D eigenvalue weighted by Crippen LogP contribution is -1.85. The van der Waals surface area contributed by atoms with E-state index in [0.717, 1.165) is 3.57 Å². The summed E-state index contributed by atoms with van der Waals surface area (Å²) in [6.45, 7) is 0. The van der Waals surface area contributed by atoms with Crippen LogP contribution in [-0.2, 0) is 0 Å². The average Bonchev–Trinajstić information content (AvgIpc) is 1.88. The number of hydrogen-bond acceptors (Lipinski definition) is 2. The zero-order chi connectivity index (χ0) is 7.56. The predicted molar refractivity (Wildman–Crippen MR) is 47.4 cm³/mol. The van der Waals surface area contributed by atoms with Gasteiger partial charge in [0.2, 0.25) is 0 Å². The number of halogens is 1. The van der Waals surface area contributed by atoms with Crippen LogP contribution >= 0.6 is 22.6 Å². The Labute approximate surface area is 73.0 Å². The van der Waals surface area contributed by atoms with E-state index < -0.39 is 0 Å². The third kappa shape index (κ3) is 1.34. The van der Waals surface area contributed by atoms with Gasteiger partial charge in [-0.1, -0.05) is 6.07 Å². The Morgan fingerprint density at radius 3 is 2.60 bits per heavy atom. The van der Waals surface area contributed by atoms with Gasteiger partial charge < -0.3 is 9.84 Å². The maximum absolute atomic E-state index is 9.16. The van der Waals surface area contributed by atoms with Crippen LogP contribution in [0.2, 0.25) is 0 Å². The van der Waals surface area contributed by atoms with Gasteiger partial charge in [0.25, 0.3) is 0 Å². The van der Waals surface area contributed by atoms with Crippen LogP contribution in [0.25, 0.3) is 0 Å². The molecule has 0 amide bonds. The molecule has 0 bridgehead atoms. The molecule has 1 N–H and O–H groups in total. The molecule has 1 aromatic rings. The van der Waals surface area contributed by atoms with Gasteiger partial charge in [-0.3, -0.25) is 0 Å². The molecule has 0 aliphatic heterocycles. The lowest BCUT2D eigenvalue weighted by atomic mass is 10.3. The van der Waals surface area contributed by atoms with E-state index in [1.165, 1.54) is 7.11 Å². The molecule has 0 radical (unpaired) electrons. The number of ether oxygens (including phenoxy) is 1. The number of phenolic OH excluding ortho intramolecular Hbond substituents is 1. The number of aromatic hydroxyl groups is 1. The van der Waals surface area contributed by atoms with Crippen molar-refractivity contribution in [1.29, 1.82) is 0 Å². The fourth-order valence-corrected chi connectivity index (χ4v) is 1.40. The Morgan fingerprint density at radius 2 is 2.20 bits per heavy atom. The van der Waals surface area contributed by atoms with Crippen LogP contribution in [0, 0.1) is 3.57 Å². The average molecular weight is 250 g/mol. The summed E-state index contributed by atoms with van der Waals surface area (Å²) in [5.41, 5.74) is 0. The summed E-state index contributed by atoms with van der Waals surface area (Å²) in [6.07, 6.45) is 0. The topological polar surface area (TPSA) is 29.5 Å². The zero-order valence-electron chi connectivity index (χ0n) is 5.47. The quantitative estimate of drug-likeness (QED) is 0.772. The van der Waals surface area contributed by atoms with Gasteiger partial charge in [-0.05, 0) is 34.7 Å². The van der Waals surface area contributed by atoms with Crippen molar-refractivity contribution in [2.24, 2.45) is 0 Å². The Morgan fingerprint density at radius 1 is 1.50 bits per heavy atom. The summed E-state index contributed by atoms with van der Waals surface area (Å²) in [4.78, 5) is 0. The van der Waals surface area contributed by atoms with E-state index in [1.807, 2.05) is 6.07 Å². The molecular formula is C7H7IO2. The van der Waals surface area contributed by atoms with Crippen molar-refractivity contribution in [1.82, 2.24) is 0 Å². The molecular weight excluding hydrogens is 243 g/mol. The van der Waals surface area contributed by atoms with Crippen LogP contribution in [-0.4, -0.2) is 12.2 Å². The summed E-state index contributed by atoms with van der Waals surface area (Å²) in [5, 5.41) is 9.16. The highest BCUT2D eigenvalue weighted by Gasteiger charge is 2.02. The van der Waals surface area contributed by atoms with Crippen molar-refractivity contribution in [3.63, 3.8) is 0 Å². The van der Waals surface area contributed by atoms with Gasteiger partial charge in [-0.15, -0.1) is 0 Å². The lowest BCUT2D eigenvalue weighted by molar-refractivity contribution is 0.371.